The lowest BCUT2D eigenvalue weighted by Crippen LogP contribution is -2.49. The molecule has 0 atom stereocenters. The minimum atomic E-state index is 0.584. The molecule has 2 aromatic carbocycles. The summed E-state index contributed by atoms with van der Waals surface area (Å²) in [4.78, 5) is 4.56. The summed E-state index contributed by atoms with van der Waals surface area (Å²) < 4.78 is 10.6. The molecule has 0 saturated carbocycles. The Hall–Kier alpha value is -1.73. The van der Waals surface area contributed by atoms with Crippen molar-refractivity contribution in [2.45, 2.75) is 6.54 Å². The molecule has 0 bridgehead atoms. The second kappa shape index (κ2) is 9.65. The Morgan fingerprint density at radius 3 is 2.18 bits per heavy atom. The SMILES string of the molecule is COc1cc(NC(=S)N2CCN(Cc3ccc(Cl)c(Cl)c3)CC2)cc(OC)c1. The molecule has 0 unspecified atom stereocenters. The first-order chi connectivity index (χ1) is 13.5. The molecule has 150 valence electrons. The molecular formula is C20H23Cl2N3O2S. The van der Waals surface area contributed by atoms with Gasteiger partial charge in [-0.25, -0.2) is 0 Å². The van der Waals surface area contributed by atoms with Crippen LogP contribution in [0, 0.1) is 0 Å². The molecule has 0 aliphatic carbocycles. The molecule has 8 heteroatoms. The lowest BCUT2D eigenvalue weighted by Gasteiger charge is -2.36. The highest BCUT2D eigenvalue weighted by atomic mass is 35.5. The van der Waals surface area contributed by atoms with Crippen LogP contribution in [0.25, 0.3) is 0 Å². The molecule has 1 heterocycles. The van der Waals surface area contributed by atoms with E-state index >= 15 is 0 Å². The lowest BCUT2D eigenvalue weighted by molar-refractivity contribution is 0.177. The zero-order chi connectivity index (χ0) is 20.1. The summed E-state index contributed by atoms with van der Waals surface area (Å²) in [5.74, 6) is 1.44. The van der Waals surface area contributed by atoms with Gasteiger partial charge in [-0.05, 0) is 29.9 Å². The van der Waals surface area contributed by atoms with Crippen molar-refractivity contribution in [3.05, 3.63) is 52.0 Å². The number of nitrogens with one attached hydrogen (secondary N) is 1. The molecule has 0 radical (unpaired) electrons. The number of hydrogen-bond donors (Lipinski definition) is 1. The van der Waals surface area contributed by atoms with Crippen molar-refractivity contribution in [1.29, 1.82) is 0 Å². The summed E-state index contributed by atoms with van der Waals surface area (Å²) >= 11 is 17.7. The zero-order valence-corrected chi connectivity index (χ0v) is 18.2. The molecule has 1 saturated heterocycles. The normalized spacial score (nSPS) is 14.6. The fourth-order valence-electron chi connectivity index (χ4n) is 3.09. The van der Waals surface area contributed by atoms with Crippen molar-refractivity contribution >= 4 is 46.2 Å². The van der Waals surface area contributed by atoms with E-state index in [0.717, 1.165) is 55.5 Å². The number of anilines is 1. The number of hydrogen-bond acceptors (Lipinski definition) is 4. The molecule has 28 heavy (non-hydrogen) atoms. The van der Waals surface area contributed by atoms with Crippen LogP contribution in [0.1, 0.15) is 5.56 Å². The Labute approximate surface area is 181 Å². The van der Waals surface area contributed by atoms with Gasteiger partial charge in [0.1, 0.15) is 11.5 Å². The van der Waals surface area contributed by atoms with Gasteiger partial charge < -0.3 is 19.7 Å². The molecule has 1 aliphatic rings. The number of halogens is 2. The Kier molecular flexibility index (Phi) is 7.24. The summed E-state index contributed by atoms with van der Waals surface area (Å²) in [6.07, 6.45) is 0. The van der Waals surface area contributed by atoms with Crippen molar-refractivity contribution in [3.8, 4) is 11.5 Å². The van der Waals surface area contributed by atoms with Crippen LogP contribution in [0.3, 0.4) is 0 Å². The fourth-order valence-corrected chi connectivity index (χ4v) is 3.71. The predicted octanol–water partition coefficient (Wildman–Crippen LogP) is 4.53. The summed E-state index contributed by atoms with van der Waals surface area (Å²) in [5.41, 5.74) is 2.01. The highest BCUT2D eigenvalue weighted by molar-refractivity contribution is 7.80. The van der Waals surface area contributed by atoms with Gasteiger partial charge in [0, 0.05) is 56.6 Å². The summed E-state index contributed by atoms with van der Waals surface area (Å²) in [6, 6.07) is 11.4. The molecule has 3 rings (SSSR count). The highest BCUT2D eigenvalue weighted by Crippen LogP contribution is 2.26. The number of benzene rings is 2. The number of rotatable bonds is 5. The first-order valence-corrected chi connectivity index (χ1v) is 10.1. The fraction of sp³-hybridized carbons (Fsp3) is 0.350. The van der Waals surface area contributed by atoms with E-state index < -0.39 is 0 Å². The van der Waals surface area contributed by atoms with Crippen LogP contribution in [0.2, 0.25) is 10.0 Å². The Bertz CT molecular complexity index is 820. The predicted molar refractivity (Wildman–Crippen MR) is 119 cm³/mol. The van der Waals surface area contributed by atoms with E-state index in [1.807, 2.05) is 36.4 Å². The smallest absolute Gasteiger partial charge is 0.173 e. The third-order valence-electron chi connectivity index (χ3n) is 4.65. The topological polar surface area (TPSA) is 37.0 Å². The maximum atomic E-state index is 6.11. The first kappa shape index (κ1) is 21.0. The van der Waals surface area contributed by atoms with Gasteiger partial charge in [-0.3, -0.25) is 4.90 Å². The van der Waals surface area contributed by atoms with Crippen molar-refractivity contribution in [1.82, 2.24) is 9.80 Å². The van der Waals surface area contributed by atoms with Gasteiger partial charge >= 0.3 is 0 Å². The zero-order valence-electron chi connectivity index (χ0n) is 15.9. The second-order valence-electron chi connectivity index (χ2n) is 6.54. The van der Waals surface area contributed by atoms with Crippen LogP contribution in [0.5, 0.6) is 11.5 Å². The molecule has 5 nitrogen and oxygen atoms in total. The van der Waals surface area contributed by atoms with Crippen molar-refractivity contribution < 1.29 is 9.47 Å². The molecule has 1 N–H and O–H groups in total. The van der Waals surface area contributed by atoms with E-state index in [1.54, 1.807) is 14.2 Å². The third kappa shape index (κ3) is 5.41. The highest BCUT2D eigenvalue weighted by Gasteiger charge is 2.19. The first-order valence-electron chi connectivity index (χ1n) is 8.94. The lowest BCUT2D eigenvalue weighted by atomic mass is 10.2. The Morgan fingerprint density at radius 2 is 1.61 bits per heavy atom. The van der Waals surface area contributed by atoms with Gasteiger partial charge in [-0.2, -0.15) is 0 Å². The number of methoxy groups -OCH3 is 2. The van der Waals surface area contributed by atoms with E-state index in [9.17, 15) is 0 Å². The summed E-state index contributed by atoms with van der Waals surface area (Å²) in [6.45, 7) is 4.40. The van der Waals surface area contributed by atoms with Gasteiger partial charge in [-0.1, -0.05) is 29.3 Å². The number of piperazine rings is 1. The quantitative estimate of drug-likeness (QED) is 0.689. The van der Waals surface area contributed by atoms with Crippen LogP contribution < -0.4 is 14.8 Å². The second-order valence-corrected chi connectivity index (χ2v) is 7.74. The summed E-state index contributed by atoms with van der Waals surface area (Å²) in [5, 5.41) is 5.16. The molecule has 0 aromatic heterocycles. The molecule has 1 fully saturated rings. The Morgan fingerprint density at radius 1 is 0.964 bits per heavy atom. The average molecular weight is 440 g/mol. The number of thiocarbonyl (C=S) groups is 1. The molecule has 0 spiro atoms. The van der Waals surface area contributed by atoms with Gasteiger partial charge in [0.05, 0.1) is 24.3 Å². The average Bonchev–Trinajstić information content (AvgIpc) is 2.71. The van der Waals surface area contributed by atoms with Crippen molar-refractivity contribution in [2.75, 3.05) is 45.7 Å². The van der Waals surface area contributed by atoms with Crippen LogP contribution in [-0.4, -0.2) is 55.3 Å². The van der Waals surface area contributed by atoms with Gasteiger partial charge in [-0.15, -0.1) is 0 Å². The van der Waals surface area contributed by atoms with E-state index in [1.165, 1.54) is 0 Å². The number of nitrogens with zero attached hydrogens (tertiary/aromatic N) is 2. The van der Waals surface area contributed by atoms with E-state index in [-0.39, 0.29) is 0 Å². The summed E-state index contributed by atoms with van der Waals surface area (Å²) in [7, 11) is 3.26. The Balaban J connectivity index is 1.54. The molecule has 1 aliphatic heterocycles. The van der Waals surface area contributed by atoms with E-state index in [4.69, 9.17) is 44.9 Å². The van der Waals surface area contributed by atoms with Gasteiger partial charge in [0.25, 0.3) is 0 Å². The minimum Gasteiger partial charge on any atom is -0.497 e. The van der Waals surface area contributed by atoms with E-state index in [2.05, 4.69) is 15.1 Å². The molecule has 2 aromatic rings. The van der Waals surface area contributed by atoms with Gasteiger partial charge in [0.15, 0.2) is 5.11 Å². The largest absolute Gasteiger partial charge is 0.497 e. The number of ether oxygens (including phenoxy) is 2. The van der Waals surface area contributed by atoms with Crippen LogP contribution in [0.15, 0.2) is 36.4 Å². The van der Waals surface area contributed by atoms with Crippen LogP contribution in [-0.2, 0) is 6.54 Å². The molecular weight excluding hydrogens is 417 g/mol. The maximum absolute atomic E-state index is 6.11. The van der Waals surface area contributed by atoms with Gasteiger partial charge in [0.2, 0.25) is 0 Å². The maximum Gasteiger partial charge on any atom is 0.173 e. The van der Waals surface area contributed by atoms with Crippen molar-refractivity contribution in [2.24, 2.45) is 0 Å². The molecule has 0 amide bonds. The monoisotopic (exact) mass is 439 g/mol. The van der Waals surface area contributed by atoms with E-state index in [0.29, 0.717) is 15.2 Å². The van der Waals surface area contributed by atoms with Crippen LogP contribution >= 0.6 is 35.4 Å². The van der Waals surface area contributed by atoms with Crippen molar-refractivity contribution in [3.63, 3.8) is 0 Å². The third-order valence-corrected chi connectivity index (χ3v) is 5.75. The standard InChI is InChI=1S/C20H23Cl2N3O2S/c1-26-16-10-15(11-17(12-16)27-2)23-20(28)25-7-5-24(6-8-25)13-14-3-4-18(21)19(22)9-14/h3-4,9-12H,5-8,13H2,1-2H3,(H,23,28). The minimum absolute atomic E-state index is 0.584. The van der Waals surface area contributed by atoms with Crippen LogP contribution in [0.4, 0.5) is 5.69 Å².